The van der Waals surface area contributed by atoms with E-state index in [1.807, 2.05) is 30.5 Å². The van der Waals surface area contributed by atoms with Gasteiger partial charge in [0.1, 0.15) is 12.1 Å². The van der Waals surface area contributed by atoms with Gasteiger partial charge in [0.2, 0.25) is 0 Å². The van der Waals surface area contributed by atoms with Crippen molar-refractivity contribution in [1.29, 1.82) is 0 Å². The summed E-state index contributed by atoms with van der Waals surface area (Å²) in [6.45, 7) is 1.50. The average Bonchev–Trinajstić information content (AvgIpc) is 3.33. The Morgan fingerprint density at radius 3 is 2.89 bits per heavy atom. The van der Waals surface area contributed by atoms with Crippen molar-refractivity contribution in [3.63, 3.8) is 0 Å². The number of nitrogens with zero attached hydrogens (tertiary/aromatic N) is 4. The van der Waals surface area contributed by atoms with Crippen LogP contribution < -0.4 is 0 Å². The predicted octanol–water partition coefficient (Wildman–Crippen LogP) is 3.32. The minimum Gasteiger partial charge on any atom is -0.341 e. The molecule has 1 aliphatic heterocycles. The lowest BCUT2D eigenvalue weighted by atomic mass is 9.94. The summed E-state index contributed by atoms with van der Waals surface area (Å²) in [4.78, 5) is 30.6. The summed E-state index contributed by atoms with van der Waals surface area (Å²) in [5.74, 6) is 0.891. The molecule has 0 fully saturated rings. The van der Waals surface area contributed by atoms with Crippen molar-refractivity contribution in [2.45, 2.75) is 19.0 Å². The molecule has 0 amide bonds. The lowest BCUT2D eigenvalue weighted by Crippen LogP contribution is -2.26. The van der Waals surface area contributed by atoms with Crippen LogP contribution >= 0.6 is 0 Å². The van der Waals surface area contributed by atoms with Gasteiger partial charge in [0.25, 0.3) is 0 Å². The van der Waals surface area contributed by atoms with Gasteiger partial charge in [-0.15, -0.1) is 0 Å². The molecule has 0 aliphatic carbocycles. The maximum Gasteiger partial charge on any atom is 0.177 e. The van der Waals surface area contributed by atoms with Gasteiger partial charge in [0, 0.05) is 43.7 Å². The van der Waals surface area contributed by atoms with E-state index in [-0.39, 0.29) is 6.04 Å². The van der Waals surface area contributed by atoms with E-state index in [0.29, 0.717) is 0 Å². The van der Waals surface area contributed by atoms with E-state index in [4.69, 9.17) is 0 Å². The fourth-order valence-corrected chi connectivity index (χ4v) is 4.01. The van der Waals surface area contributed by atoms with Gasteiger partial charge in [-0.25, -0.2) is 9.97 Å². The van der Waals surface area contributed by atoms with E-state index in [9.17, 15) is 4.79 Å². The highest BCUT2D eigenvalue weighted by atomic mass is 16.1. The van der Waals surface area contributed by atoms with Crippen LogP contribution in [-0.2, 0) is 17.8 Å². The monoisotopic (exact) mass is 369 g/mol. The summed E-state index contributed by atoms with van der Waals surface area (Å²) in [6, 6.07) is 13.8. The molecule has 138 valence electrons. The second-order valence-corrected chi connectivity index (χ2v) is 6.98. The fourth-order valence-electron chi connectivity index (χ4n) is 4.01. The highest BCUT2D eigenvalue weighted by molar-refractivity contribution is 5.76. The van der Waals surface area contributed by atoms with Crippen LogP contribution in [0.5, 0.6) is 0 Å². The maximum absolute atomic E-state index is 12.0. The topological polar surface area (TPSA) is 74.8 Å². The Morgan fingerprint density at radius 1 is 1.14 bits per heavy atom. The third-order valence-electron chi connectivity index (χ3n) is 5.30. The molecule has 0 saturated carbocycles. The molecule has 0 bridgehead atoms. The summed E-state index contributed by atoms with van der Waals surface area (Å²) in [5, 5.41) is 0. The van der Waals surface area contributed by atoms with Crippen LogP contribution in [-0.4, -0.2) is 37.7 Å². The number of hydrogen-bond donors (Lipinski definition) is 1. The van der Waals surface area contributed by atoms with Gasteiger partial charge in [-0.2, -0.15) is 0 Å². The Morgan fingerprint density at radius 2 is 2.07 bits per heavy atom. The smallest absolute Gasteiger partial charge is 0.177 e. The molecule has 28 heavy (non-hydrogen) atoms. The number of carbonyl (C=O) groups excluding carboxylic acids is 1. The van der Waals surface area contributed by atoms with Gasteiger partial charge in [0.15, 0.2) is 5.65 Å². The number of H-pyrrole nitrogens is 1. The molecule has 3 aromatic heterocycles. The number of fused-ring (bicyclic) bond motifs is 2. The first-order valence-corrected chi connectivity index (χ1v) is 9.34. The first kappa shape index (κ1) is 16.8. The molecule has 6 heteroatoms. The number of pyridine rings is 2. The second-order valence-electron chi connectivity index (χ2n) is 6.98. The van der Waals surface area contributed by atoms with Crippen molar-refractivity contribution in [3.05, 3.63) is 78.0 Å². The van der Waals surface area contributed by atoms with Crippen molar-refractivity contribution < 1.29 is 4.79 Å². The van der Waals surface area contributed by atoms with Crippen LogP contribution in [0.2, 0.25) is 0 Å². The number of rotatable bonds is 5. The molecular formula is C22H19N5O. The summed E-state index contributed by atoms with van der Waals surface area (Å²) < 4.78 is 0. The summed E-state index contributed by atoms with van der Waals surface area (Å²) in [5.41, 5.74) is 6.08. The SMILES string of the molecule is O=CC1c2c(cccc2-c2cccnc2)CN1CCc1nc2ncccc2[nH]1. The van der Waals surface area contributed by atoms with Gasteiger partial charge in [-0.3, -0.25) is 9.88 Å². The molecule has 1 N–H and O–H groups in total. The Kier molecular flexibility index (Phi) is 4.18. The predicted molar refractivity (Wildman–Crippen MR) is 106 cm³/mol. The van der Waals surface area contributed by atoms with Gasteiger partial charge in [0.05, 0.1) is 11.6 Å². The van der Waals surface area contributed by atoms with E-state index in [1.165, 1.54) is 5.56 Å². The molecule has 0 radical (unpaired) electrons. The number of carbonyl (C=O) groups is 1. The van der Waals surface area contributed by atoms with Crippen LogP contribution in [0.15, 0.2) is 61.1 Å². The molecule has 1 aromatic carbocycles. The Balaban J connectivity index is 1.41. The van der Waals surface area contributed by atoms with Gasteiger partial charge >= 0.3 is 0 Å². The molecule has 0 saturated heterocycles. The highest BCUT2D eigenvalue weighted by Gasteiger charge is 2.32. The van der Waals surface area contributed by atoms with Crippen LogP contribution in [0.1, 0.15) is 23.0 Å². The zero-order valence-electron chi connectivity index (χ0n) is 15.2. The van der Waals surface area contributed by atoms with Crippen LogP contribution in [0, 0.1) is 0 Å². The summed E-state index contributed by atoms with van der Waals surface area (Å²) in [7, 11) is 0. The van der Waals surface area contributed by atoms with Crippen molar-refractivity contribution in [1.82, 2.24) is 24.8 Å². The van der Waals surface area contributed by atoms with E-state index >= 15 is 0 Å². The maximum atomic E-state index is 12.0. The van der Waals surface area contributed by atoms with Crippen molar-refractivity contribution >= 4 is 17.5 Å². The first-order valence-electron chi connectivity index (χ1n) is 9.34. The number of nitrogens with one attached hydrogen (secondary N) is 1. The zero-order chi connectivity index (χ0) is 18.9. The number of benzene rings is 1. The van der Waals surface area contributed by atoms with Crippen LogP contribution in [0.4, 0.5) is 0 Å². The van der Waals surface area contributed by atoms with Crippen molar-refractivity contribution in [2.24, 2.45) is 0 Å². The third kappa shape index (κ3) is 2.88. The number of aromatic nitrogens is 4. The molecule has 1 unspecified atom stereocenters. The van der Waals surface area contributed by atoms with E-state index in [2.05, 4.69) is 43.0 Å². The number of hydrogen-bond acceptors (Lipinski definition) is 5. The van der Waals surface area contributed by atoms with E-state index in [1.54, 1.807) is 12.4 Å². The van der Waals surface area contributed by atoms with Gasteiger partial charge in [-0.05, 0) is 34.9 Å². The van der Waals surface area contributed by atoms with Crippen molar-refractivity contribution in [3.8, 4) is 11.1 Å². The quantitative estimate of drug-likeness (QED) is 0.546. The molecule has 5 rings (SSSR count). The highest BCUT2D eigenvalue weighted by Crippen LogP contribution is 2.39. The van der Waals surface area contributed by atoms with Crippen LogP contribution in [0.3, 0.4) is 0 Å². The third-order valence-corrected chi connectivity index (χ3v) is 5.30. The zero-order valence-corrected chi connectivity index (χ0v) is 15.2. The second kappa shape index (κ2) is 6.98. The Bertz CT molecular complexity index is 1110. The normalized spacial score (nSPS) is 16.4. The lowest BCUT2D eigenvalue weighted by molar-refractivity contribution is -0.112. The molecule has 6 nitrogen and oxygen atoms in total. The van der Waals surface area contributed by atoms with Gasteiger partial charge < -0.3 is 9.78 Å². The minimum atomic E-state index is -0.256. The standard InChI is InChI=1S/C22H19N5O/c28-14-19-21-16(4-1-6-17(21)15-5-2-9-23-12-15)13-27(19)11-8-20-25-18-7-3-10-24-22(18)26-20/h1-7,9-10,12,14,19H,8,11,13H2,(H,24,25,26). The number of aromatic amines is 1. The Labute approximate surface area is 162 Å². The Hall–Kier alpha value is -3.38. The number of aldehydes is 1. The summed E-state index contributed by atoms with van der Waals surface area (Å²) >= 11 is 0. The largest absolute Gasteiger partial charge is 0.341 e. The van der Waals surface area contributed by atoms with Crippen molar-refractivity contribution in [2.75, 3.05) is 6.54 Å². The van der Waals surface area contributed by atoms with E-state index in [0.717, 1.165) is 59.5 Å². The lowest BCUT2D eigenvalue weighted by Gasteiger charge is -2.20. The van der Waals surface area contributed by atoms with Gasteiger partial charge in [-0.1, -0.05) is 24.3 Å². The molecular weight excluding hydrogens is 350 g/mol. The first-order chi connectivity index (χ1) is 13.8. The molecule has 0 spiro atoms. The minimum absolute atomic E-state index is 0.256. The average molecular weight is 369 g/mol. The summed E-state index contributed by atoms with van der Waals surface area (Å²) in [6.07, 6.45) is 7.13. The fraction of sp³-hybridized carbons (Fsp3) is 0.182. The molecule has 1 atom stereocenters. The van der Waals surface area contributed by atoms with Crippen LogP contribution in [0.25, 0.3) is 22.3 Å². The molecule has 4 aromatic rings. The van der Waals surface area contributed by atoms with E-state index < -0.39 is 0 Å². The molecule has 4 heterocycles. The number of imidazole rings is 1. The molecule has 1 aliphatic rings.